The van der Waals surface area contributed by atoms with Gasteiger partial charge in [-0.1, -0.05) is 30.2 Å². The van der Waals surface area contributed by atoms with Crippen LogP contribution in [0.5, 0.6) is 0 Å². The van der Waals surface area contributed by atoms with Gasteiger partial charge in [0.15, 0.2) is 0 Å². The number of anilines is 2. The number of aryl methyl sites for hydroxylation is 1. The smallest absolute Gasteiger partial charge is 0.322 e. The summed E-state index contributed by atoms with van der Waals surface area (Å²) in [4.78, 5) is 2.03. The lowest BCUT2D eigenvalue weighted by atomic mass is 10.2. The summed E-state index contributed by atoms with van der Waals surface area (Å²) in [6, 6.07) is 8.75. The number of rotatable bonds is 7. The molecule has 0 radical (unpaired) electrons. The van der Waals surface area contributed by atoms with Crippen LogP contribution in [0.25, 0.3) is 0 Å². The van der Waals surface area contributed by atoms with Crippen molar-refractivity contribution in [1.82, 2.24) is 15.5 Å². The molecule has 0 saturated heterocycles. The third kappa shape index (κ3) is 3.36. The Morgan fingerprint density at radius 3 is 2.70 bits per heavy atom. The zero-order chi connectivity index (χ0) is 14.4. The first-order valence-electron chi connectivity index (χ1n) is 7.12. The molecular weight excluding hydrogens is 252 g/mol. The van der Waals surface area contributed by atoms with Crippen LogP contribution in [-0.4, -0.2) is 23.3 Å². The second kappa shape index (κ2) is 7.05. The first kappa shape index (κ1) is 14.5. The largest absolute Gasteiger partial charge is 0.406 e. The van der Waals surface area contributed by atoms with Crippen molar-refractivity contribution in [2.45, 2.75) is 33.7 Å². The lowest BCUT2D eigenvalue weighted by Gasteiger charge is -2.19. The van der Waals surface area contributed by atoms with Crippen LogP contribution in [0, 0.1) is 6.92 Å². The monoisotopic (exact) mass is 274 g/mol. The molecule has 5 nitrogen and oxygen atoms in total. The summed E-state index contributed by atoms with van der Waals surface area (Å²) in [7, 11) is 0. The first-order valence-corrected chi connectivity index (χ1v) is 7.12. The topological polar surface area (TPSA) is 54.2 Å². The number of nitrogens with one attached hydrogen (secondary N) is 1. The number of benzene rings is 1. The molecule has 1 heterocycles. The highest BCUT2D eigenvalue weighted by Gasteiger charge is 2.16. The van der Waals surface area contributed by atoms with E-state index in [2.05, 4.69) is 48.4 Å². The van der Waals surface area contributed by atoms with E-state index in [1.165, 1.54) is 5.56 Å². The summed E-state index contributed by atoms with van der Waals surface area (Å²) in [5, 5.41) is 11.5. The highest BCUT2D eigenvalue weighted by molar-refractivity contribution is 5.60. The highest BCUT2D eigenvalue weighted by Crippen LogP contribution is 2.26. The summed E-state index contributed by atoms with van der Waals surface area (Å²) in [5.74, 6) is 0.625. The van der Waals surface area contributed by atoms with Crippen LogP contribution in [0.15, 0.2) is 28.7 Å². The minimum atomic E-state index is 0.551. The van der Waals surface area contributed by atoms with Gasteiger partial charge in [0.1, 0.15) is 0 Å². The van der Waals surface area contributed by atoms with Crippen LogP contribution in [0.1, 0.15) is 31.7 Å². The zero-order valence-electron chi connectivity index (χ0n) is 12.4. The van der Waals surface area contributed by atoms with E-state index >= 15 is 0 Å². The Hall–Kier alpha value is -1.88. The number of hydrogen-bond donors (Lipinski definition) is 1. The van der Waals surface area contributed by atoms with Crippen molar-refractivity contribution in [2.24, 2.45) is 0 Å². The van der Waals surface area contributed by atoms with Gasteiger partial charge in [-0.05, 0) is 38.4 Å². The number of aromatic nitrogens is 2. The van der Waals surface area contributed by atoms with Crippen molar-refractivity contribution in [2.75, 3.05) is 18.0 Å². The number of nitrogens with zero attached hydrogens (tertiary/aromatic N) is 3. The van der Waals surface area contributed by atoms with Crippen molar-refractivity contribution >= 4 is 11.7 Å². The number of para-hydroxylation sites is 1. The maximum absolute atomic E-state index is 5.73. The Balaban J connectivity index is 2.14. The first-order chi connectivity index (χ1) is 9.76. The van der Waals surface area contributed by atoms with Crippen molar-refractivity contribution in [3.8, 4) is 0 Å². The molecule has 0 spiro atoms. The average molecular weight is 274 g/mol. The zero-order valence-corrected chi connectivity index (χ0v) is 12.4. The molecule has 1 aromatic heterocycles. The molecule has 5 heteroatoms. The predicted molar refractivity (Wildman–Crippen MR) is 80.2 cm³/mol. The van der Waals surface area contributed by atoms with E-state index in [0.717, 1.165) is 25.2 Å². The summed E-state index contributed by atoms with van der Waals surface area (Å²) in [6.45, 7) is 8.64. The molecule has 1 N–H and O–H groups in total. The van der Waals surface area contributed by atoms with Gasteiger partial charge >= 0.3 is 6.01 Å². The van der Waals surface area contributed by atoms with Crippen LogP contribution in [0.4, 0.5) is 11.7 Å². The normalized spacial score (nSPS) is 10.8. The number of hydrogen-bond acceptors (Lipinski definition) is 5. The minimum Gasteiger partial charge on any atom is -0.406 e. The van der Waals surface area contributed by atoms with Gasteiger partial charge in [-0.2, -0.15) is 0 Å². The molecule has 108 valence electrons. The molecule has 0 aliphatic rings. The quantitative estimate of drug-likeness (QED) is 0.786. The van der Waals surface area contributed by atoms with Gasteiger partial charge in [0.2, 0.25) is 5.89 Å². The summed E-state index contributed by atoms with van der Waals surface area (Å²) < 4.78 is 5.73. The van der Waals surface area contributed by atoms with E-state index in [9.17, 15) is 0 Å². The lowest BCUT2D eigenvalue weighted by molar-refractivity contribution is 0.469. The van der Waals surface area contributed by atoms with Gasteiger partial charge in [-0.3, -0.25) is 4.90 Å². The van der Waals surface area contributed by atoms with E-state index in [1.807, 2.05) is 17.0 Å². The summed E-state index contributed by atoms with van der Waals surface area (Å²) in [5.41, 5.74) is 2.30. The maximum Gasteiger partial charge on any atom is 0.322 e. The van der Waals surface area contributed by atoms with Crippen LogP contribution in [0.3, 0.4) is 0 Å². The van der Waals surface area contributed by atoms with Crippen LogP contribution < -0.4 is 10.2 Å². The third-order valence-electron chi connectivity index (χ3n) is 3.11. The average Bonchev–Trinajstić information content (AvgIpc) is 2.91. The molecule has 0 saturated carbocycles. The van der Waals surface area contributed by atoms with Crippen molar-refractivity contribution in [3.63, 3.8) is 0 Å². The molecule has 1 aromatic carbocycles. The van der Waals surface area contributed by atoms with Crippen molar-refractivity contribution in [3.05, 3.63) is 35.7 Å². The van der Waals surface area contributed by atoms with Crippen molar-refractivity contribution < 1.29 is 4.42 Å². The second-order valence-corrected chi connectivity index (χ2v) is 4.69. The molecule has 20 heavy (non-hydrogen) atoms. The molecule has 0 atom stereocenters. The second-order valence-electron chi connectivity index (χ2n) is 4.69. The van der Waals surface area contributed by atoms with Gasteiger partial charge < -0.3 is 9.73 Å². The summed E-state index contributed by atoms with van der Waals surface area (Å²) in [6.07, 6.45) is 1.09. The molecular formula is C15H22N4O. The molecule has 2 rings (SSSR count). The van der Waals surface area contributed by atoms with Crippen LogP contribution in [-0.2, 0) is 6.54 Å². The molecule has 0 unspecified atom stereocenters. The van der Waals surface area contributed by atoms with Gasteiger partial charge in [0.05, 0.1) is 6.54 Å². The molecule has 0 bridgehead atoms. The van der Waals surface area contributed by atoms with Gasteiger partial charge in [-0.25, -0.2) is 0 Å². The molecule has 0 aliphatic carbocycles. The van der Waals surface area contributed by atoms with Gasteiger partial charge in [-0.15, -0.1) is 5.10 Å². The molecule has 2 aromatic rings. The standard InChI is InChI=1S/C15H22N4O/c1-4-10-16-11-14-17-18-15(20-14)19(5-2)13-9-7-6-8-12(13)3/h6-9,16H,4-5,10-11H2,1-3H3. The van der Waals surface area contributed by atoms with E-state index in [1.54, 1.807) is 0 Å². The summed E-state index contributed by atoms with van der Waals surface area (Å²) >= 11 is 0. The van der Waals surface area contributed by atoms with E-state index in [0.29, 0.717) is 18.5 Å². The predicted octanol–water partition coefficient (Wildman–Crippen LogP) is 3.04. The van der Waals surface area contributed by atoms with Crippen LogP contribution >= 0.6 is 0 Å². The third-order valence-corrected chi connectivity index (χ3v) is 3.11. The molecule has 0 amide bonds. The Kier molecular flexibility index (Phi) is 5.12. The van der Waals surface area contributed by atoms with Gasteiger partial charge in [0.25, 0.3) is 0 Å². The minimum absolute atomic E-state index is 0.551. The molecule has 0 fully saturated rings. The molecule has 0 aliphatic heterocycles. The Bertz CT molecular complexity index is 538. The fraction of sp³-hybridized carbons (Fsp3) is 0.467. The Morgan fingerprint density at radius 1 is 1.20 bits per heavy atom. The maximum atomic E-state index is 5.73. The van der Waals surface area contributed by atoms with E-state index in [4.69, 9.17) is 4.42 Å². The lowest BCUT2D eigenvalue weighted by Crippen LogP contribution is -2.17. The van der Waals surface area contributed by atoms with Gasteiger partial charge in [0, 0.05) is 12.2 Å². The highest BCUT2D eigenvalue weighted by atomic mass is 16.4. The Labute approximate surface area is 120 Å². The fourth-order valence-corrected chi connectivity index (χ4v) is 2.07. The van der Waals surface area contributed by atoms with E-state index in [-0.39, 0.29) is 0 Å². The Morgan fingerprint density at radius 2 is 2.00 bits per heavy atom. The fourth-order valence-electron chi connectivity index (χ4n) is 2.07. The van der Waals surface area contributed by atoms with Crippen LogP contribution in [0.2, 0.25) is 0 Å². The SMILES string of the molecule is CCCNCc1nnc(N(CC)c2ccccc2C)o1. The van der Waals surface area contributed by atoms with E-state index < -0.39 is 0 Å². The van der Waals surface area contributed by atoms with Crippen molar-refractivity contribution in [1.29, 1.82) is 0 Å².